The number of hydrogen-bond donors (Lipinski definition) is 0. The van der Waals surface area contributed by atoms with Crippen molar-refractivity contribution < 1.29 is 13.2 Å². The molecule has 0 aromatic heterocycles. The van der Waals surface area contributed by atoms with Crippen molar-refractivity contribution in [2.24, 2.45) is 0 Å². The molecule has 0 bridgehead atoms. The number of amides is 1. The minimum Gasteiger partial charge on any atom is -0.359 e. The third-order valence-electron chi connectivity index (χ3n) is 5.82. The number of anilines is 1. The monoisotopic (exact) mass is 394 g/mol. The fourth-order valence-corrected chi connectivity index (χ4v) is 5.69. The quantitative estimate of drug-likeness (QED) is 0.679. The van der Waals surface area contributed by atoms with Crippen LogP contribution < -0.4 is 4.90 Å². The largest absolute Gasteiger partial charge is 0.359 e. The Hall–Kier alpha value is -1.56. The number of rotatable bonds is 8. The van der Waals surface area contributed by atoms with Gasteiger partial charge < -0.3 is 9.80 Å². The van der Waals surface area contributed by atoms with E-state index in [0.29, 0.717) is 19.5 Å². The first-order valence-electron chi connectivity index (χ1n) is 10.1. The third kappa shape index (κ3) is 5.24. The molecule has 0 spiro atoms. The van der Waals surface area contributed by atoms with Crippen molar-refractivity contribution in [1.29, 1.82) is 0 Å². The fourth-order valence-electron chi connectivity index (χ4n) is 3.96. The lowest BCUT2D eigenvalue weighted by molar-refractivity contribution is -0.131. The number of likely N-dealkylation sites (N-methyl/N-ethyl adjacent to an activating group) is 1. The number of sulfone groups is 1. The van der Waals surface area contributed by atoms with Gasteiger partial charge in [0.1, 0.15) is 0 Å². The van der Waals surface area contributed by atoms with E-state index in [1.165, 1.54) is 11.1 Å². The van der Waals surface area contributed by atoms with E-state index in [1.807, 2.05) is 6.92 Å². The van der Waals surface area contributed by atoms with Crippen LogP contribution in [0.3, 0.4) is 0 Å². The summed E-state index contributed by atoms with van der Waals surface area (Å²) in [5, 5.41) is 0. The van der Waals surface area contributed by atoms with Crippen molar-refractivity contribution in [3.8, 4) is 0 Å². The highest BCUT2D eigenvalue weighted by Gasteiger charge is 2.34. The molecule has 0 N–H and O–H groups in total. The maximum Gasteiger partial charge on any atom is 0.242 e. The van der Waals surface area contributed by atoms with Gasteiger partial charge in [-0.05, 0) is 63.3 Å². The summed E-state index contributed by atoms with van der Waals surface area (Å²) in [6.07, 6.45) is 2.47. The molecule has 1 aromatic carbocycles. The Morgan fingerprint density at radius 3 is 2.30 bits per heavy atom. The van der Waals surface area contributed by atoms with Gasteiger partial charge in [-0.25, -0.2) is 8.42 Å². The van der Waals surface area contributed by atoms with Crippen LogP contribution >= 0.6 is 0 Å². The Bertz CT molecular complexity index is 757. The molecule has 0 radical (unpaired) electrons. The van der Waals surface area contributed by atoms with Crippen LogP contribution in [0, 0.1) is 13.8 Å². The lowest BCUT2D eigenvalue weighted by Crippen LogP contribution is -2.48. The number of hydrogen-bond acceptors (Lipinski definition) is 4. The summed E-state index contributed by atoms with van der Waals surface area (Å²) in [4.78, 5) is 17.1. The van der Waals surface area contributed by atoms with E-state index in [0.717, 1.165) is 18.5 Å². The van der Waals surface area contributed by atoms with E-state index >= 15 is 0 Å². The van der Waals surface area contributed by atoms with Gasteiger partial charge >= 0.3 is 0 Å². The first-order chi connectivity index (χ1) is 12.7. The van der Waals surface area contributed by atoms with E-state index in [1.54, 1.807) is 4.90 Å². The molecule has 1 atom stereocenters. The molecule has 1 heterocycles. The lowest BCUT2D eigenvalue weighted by atomic mass is 10.1. The zero-order valence-electron chi connectivity index (χ0n) is 17.4. The van der Waals surface area contributed by atoms with Gasteiger partial charge in [-0.15, -0.1) is 0 Å². The maximum absolute atomic E-state index is 13.1. The van der Waals surface area contributed by atoms with Crippen LogP contribution in [0.15, 0.2) is 18.2 Å². The molecule has 6 heteroatoms. The summed E-state index contributed by atoms with van der Waals surface area (Å²) in [5.74, 6) is 0.306. The van der Waals surface area contributed by atoms with Gasteiger partial charge in [-0.1, -0.05) is 19.9 Å². The SMILES string of the molecule is CCC(CC)N(CC(=O)N(CC)C1CCS(=O)(=O)C1)c1ccc(C)c(C)c1. The predicted molar refractivity (Wildman–Crippen MR) is 112 cm³/mol. The van der Waals surface area contributed by atoms with Crippen LogP contribution in [0.5, 0.6) is 0 Å². The highest BCUT2D eigenvalue weighted by molar-refractivity contribution is 7.91. The number of carbonyl (C=O) groups is 1. The van der Waals surface area contributed by atoms with Gasteiger partial charge in [0.25, 0.3) is 0 Å². The summed E-state index contributed by atoms with van der Waals surface area (Å²) in [6.45, 7) is 11.2. The molecule has 1 aliphatic rings. The van der Waals surface area contributed by atoms with E-state index in [-0.39, 0.29) is 29.5 Å². The molecule has 0 aliphatic carbocycles. The van der Waals surface area contributed by atoms with Crippen molar-refractivity contribution in [2.75, 3.05) is 29.5 Å². The van der Waals surface area contributed by atoms with Crippen molar-refractivity contribution in [2.45, 2.75) is 66.0 Å². The number of benzene rings is 1. The Labute approximate surface area is 164 Å². The molecule has 1 aliphatic heterocycles. The fraction of sp³-hybridized carbons (Fsp3) is 0.667. The molecule has 2 rings (SSSR count). The molecule has 1 unspecified atom stereocenters. The second-order valence-corrected chi connectivity index (χ2v) is 9.83. The maximum atomic E-state index is 13.1. The highest BCUT2D eigenvalue weighted by Crippen LogP contribution is 2.25. The Morgan fingerprint density at radius 2 is 1.81 bits per heavy atom. The zero-order chi connectivity index (χ0) is 20.2. The predicted octanol–water partition coefficient (Wildman–Crippen LogP) is 3.33. The van der Waals surface area contributed by atoms with Gasteiger partial charge in [-0.3, -0.25) is 4.79 Å². The van der Waals surface area contributed by atoms with Crippen LogP contribution in [-0.4, -0.2) is 55.9 Å². The minimum absolute atomic E-state index is 0.0183. The second kappa shape index (κ2) is 9.09. The van der Waals surface area contributed by atoms with Crippen molar-refractivity contribution in [1.82, 2.24) is 4.90 Å². The van der Waals surface area contributed by atoms with Crippen molar-refractivity contribution in [3.63, 3.8) is 0 Å². The van der Waals surface area contributed by atoms with Crippen molar-refractivity contribution >= 4 is 21.4 Å². The smallest absolute Gasteiger partial charge is 0.242 e. The Balaban J connectivity index is 2.25. The molecule has 0 saturated carbocycles. The molecule has 1 saturated heterocycles. The third-order valence-corrected chi connectivity index (χ3v) is 7.57. The first kappa shape index (κ1) is 21.7. The van der Waals surface area contributed by atoms with E-state index < -0.39 is 9.84 Å². The molecular weight excluding hydrogens is 360 g/mol. The molecule has 152 valence electrons. The Kier molecular flexibility index (Phi) is 7.32. The first-order valence-corrected chi connectivity index (χ1v) is 11.9. The van der Waals surface area contributed by atoms with Crippen LogP contribution in [0.2, 0.25) is 0 Å². The molecule has 1 fully saturated rings. The van der Waals surface area contributed by atoms with Gasteiger partial charge in [0.15, 0.2) is 9.84 Å². The van der Waals surface area contributed by atoms with E-state index in [2.05, 4.69) is 50.8 Å². The van der Waals surface area contributed by atoms with Gasteiger partial charge in [-0.2, -0.15) is 0 Å². The molecule has 1 aromatic rings. The molecule has 27 heavy (non-hydrogen) atoms. The van der Waals surface area contributed by atoms with Crippen molar-refractivity contribution in [3.05, 3.63) is 29.3 Å². The standard InChI is InChI=1S/C21H34N2O3S/c1-6-18(7-2)23(19-10-9-16(4)17(5)13-19)14-21(24)22(8-3)20-11-12-27(25,26)15-20/h9-10,13,18,20H,6-8,11-12,14-15H2,1-5H3. The van der Waals surface area contributed by atoms with Crippen LogP contribution in [0.4, 0.5) is 5.69 Å². The van der Waals surface area contributed by atoms with Crippen LogP contribution in [0.25, 0.3) is 0 Å². The number of aryl methyl sites for hydroxylation is 2. The summed E-state index contributed by atoms with van der Waals surface area (Å²) in [5.41, 5.74) is 3.52. The van der Waals surface area contributed by atoms with Crippen LogP contribution in [-0.2, 0) is 14.6 Å². The van der Waals surface area contributed by atoms with Gasteiger partial charge in [0.05, 0.1) is 18.1 Å². The second-order valence-electron chi connectivity index (χ2n) is 7.60. The van der Waals surface area contributed by atoms with Crippen LogP contribution in [0.1, 0.15) is 51.2 Å². The van der Waals surface area contributed by atoms with Gasteiger partial charge in [0, 0.05) is 24.3 Å². The normalized spacial score (nSPS) is 18.7. The average Bonchev–Trinajstić information content (AvgIpc) is 2.97. The Morgan fingerprint density at radius 1 is 1.15 bits per heavy atom. The number of carbonyl (C=O) groups excluding carboxylic acids is 1. The molecule has 5 nitrogen and oxygen atoms in total. The van der Waals surface area contributed by atoms with E-state index in [4.69, 9.17) is 0 Å². The number of nitrogens with zero attached hydrogens (tertiary/aromatic N) is 2. The minimum atomic E-state index is -3.01. The summed E-state index contributed by atoms with van der Waals surface area (Å²) >= 11 is 0. The summed E-state index contributed by atoms with van der Waals surface area (Å²) in [6, 6.07) is 6.44. The highest BCUT2D eigenvalue weighted by atomic mass is 32.2. The van der Waals surface area contributed by atoms with E-state index in [9.17, 15) is 13.2 Å². The van der Waals surface area contributed by atoms with Gasteiger partial charge in [0.2, 0.25) is 5.91 Å². The zero-order valence-corrected chi connectivity index (χ0v) is 18.2. The average molecular weight is 395 g/mol. The molecule has 1 amide bonds. The lowest BCUT2D eigenvalue weighted by Gasteiger charge is -2.35. The summed E-state index contributed by atoms with van der Waals surface area (Å²) < 4.78 is 23.7. The molecular formula is C21H34N2O3S. The topological polar surface area (TPSA) is 57.7 Å². The summed E-state index contributed by atoms with van der Waals surface area (Å²) in [7, 11) is -3.01.